The number of nitrogens with one attached hydrogen (secondary N) is 1. The van der Waals surface area contributed by atoms with Crippen LogP contribution in [-0.2, 0) is 0 Å². The van der Waals surface area contributed by atoms with E-state index < -0.39 is 0 Å². The van der Waals surface area contributed by atoms with Gasteiger partial charge in [-0.15, -0.1) is 0 Å². The van der Waals surface area contributed by atoms with Crippen molar-refractivity contribution >= 4 is 0 Å². The summed E-state index contributed by atoms with van der Waals surface area (Å²) in [5, 5.41) is 4.49. The maximum Gasteiger partial charge on any atom is 0.161 e. The van der Waals surface area contributed by atoms with E-state index in [-0.39, 0.29) is 6.04 Å². The fourth-order valence-corrected chi connectivity index (χ4v) is 3.66. The zero-order chi connectivity index (χ0) is 15.4. The van der Waals surface area contributed by atoms with Gasteiger partial charge in [-0.05, 0) is 38.5 Å². The minimum Gasteiger partial charge on any atom is -0.493 e. The number of nitrogens with zero attached hydrogens (tertiary/aromatic N) is 2. The van der Waals surface area contributed by atoms with Crippen molar-refractivity contribution in [3.63, 3.8) is 0 Å². The van der Waals surface area contributed by atoms with Gasteiger partial charge in [0.1, 0.15) is 0 Å². The lowest BCUT2D eigenvalue weighted by atomic mass is 9.76. The van der Waals surface area contributed by atoms with Gasteiger partial charge in [0, 0.05) is 6.04 Å². The maximum absolute atomic E-state index is 5.93. The topological polar surface area (TPSA) is 65.1 Å². The predicted octanol–water partition coefficient (Wildman–Crippen LogP) is 3.19. The summed E-state index contributed by atoms with van der Waals surface area (Å²) >= 11 is 0. The zero-order valence-electron chi connectivity index (χ0n) is 13.8. The van der Waals surface area contributed by atoms with Gasteiger partial charge in [-0.2, -0.15) is 5.10 Å². The fraction of sp³-hybridized carbons (Fsp3) is 0.812. The molecular formula is C16H30N4O. The van der Waals surface area contributed by atoms with E-state index in [2.05, 4.69) is 31.3 Å². The molecule has 1 aliphatic rings. The Morgan fingerprint density at radius 3 is 2.81 bits per heavy atom. The van der Waals surface area contributed by atoms with Crippen LogP contribution in [0.3, 0.4) is 0 Å². The van der Waals surface area contributed by atoms with Gasteiger partial charge in [0.05, 0.1) is 25.0 Å². The highest BCUT2D eigenvalue weighted by atomic mass is 16.5. The van der Waals surface area contributed by atoms with Crippen LogP contribution in [0.2, 0.25) is 0 Å². The summed E-state index contributed by atoms with van der Waals surface area (Å²) in [6.45, 7) is 6.56. The zero-order valence-corrected chi connectivity index (χ0v) is 13.8. The van der Waals surface area contributed by atoms with Gasteiger partial charge < -0.3 is 4.74 Å². The van der Waals surface area contributed by atoms with Crippen molar-refractivity contribution in [2.45, 2.75) is 65.0 Å². The fourth-order valence-electron chi connectivity index (χ4n) is 3.66. The lowest BCUT2D eigenvalue weighted by Crippen LogP contribution is -2.37. The van der Waals surface area contributed by atoms with E-state index in [4.69, 9.17) is 10.6 Å². The molecule has 2 rings (SSSR count). The van der Waals surface area contributed by atoms with Crippen LogP contribution in [0.25, 0.3) is 0 Å². The molecule has 120 valence electrons. The predicted molar refractivity (Wildman–Crippen MR) is 85.0 cm³/mol. The molecule has 1 heterocycles. The Kier molecular flexibility index (Phi) is 5.65. The number of hydrazine groups is 1. The van der Waals surface area contributed by atoms with Crippen LogP contribution in [0.5, 0.6) is 5.75 Å². The first kappa shape index (κ1) is 16.3. The van der Waals surface area contributed by atoms with Crippen molar-refractivity contribution in [2.24, 2.45) is 17.7 Å². The third kappa shape index (κ3) is 3.40. The number of aromatic nitrogens is 2. The second-order valence-electron chi connectivity index (χ2n) is 6.48. The smallest absolute Gasteiger partial charge is 0.161 e. The molecule has 21 heavy (non-hydrogen) atoms. The van der Waals surface area contributed by atoms with E-state index in [1.807, 2.05) is 4.68 Å². The molecule has 1 fully saturated rings. The van der Waals surface area contributed by atoms with Crippen molar-refractivity contribution in [1.29, 1.82) is 0 Å². The maximum atomic E-state index is 5.93. The molecule has 5 nitrogen and oxygen atoms in total. The van der Waals surface area contributed by atoms with Gasteiger partial charge in [-0.3, -0.25) is 16.0 Å². The standard InChI is InChI=1S/C16H30N4O/c1-5-12-7-6-8-13(9-12)15(19-17)16-14(21-4)10-18-20(16)11(2)3/h10-13,15,19H,5-9,17H2,1-4H3. The molecule has 1 saturated carbocycles. The minimum atomic E-state index is 0.110. The van der Waals surface area contributed by atoms with Crippen molar-refractivity contribution in [3.05, 3.63) is 11.9 Å². The molecule has 3 unspecified atom stereocenters. The summed E-state index contributed by atoms with van der Waals surface area (Å²) in [4.78, 5) is 0. The van der Waals surface area contributed by atoms with Gasteiger partial charge in [0.15, 0.2) is 5.75 Å². The molecule has 5 heteroatoms. The van der Waals surface area contributed by atoms with Crippen molar-refractivity contribution < 1.29 is 4.74 Å². The number of rotatable bonds is 6. The van der Waals surface area contributed by atoms with Crippen LogP contribution in [-0.4, -0.2) is 16.9 Å². The van der Waals surface area contributed by atoms with E-state index in [1.54, 1.807) is 13.3 Å². The SMILES string of the molecule is CCC1CCCC(C(NN)c2c(OC)cnn2C(C)C)C1. The normalized spacial score (nSPS) is 24.3. The van der Waals surface area contributed by atoms with Crippen molar-refractivity contribution in [2.75, 3.05) is 7.11 Å². The summed E-state index contributed by atoms with van der Waals surface area (Å²) in [6, 6.07) is 0.407. The molecule has 3 N–H and O–H groups in total. The Labute approximate surface area is 128 Å². The molecule has 0 spiro atoms. The van der Waals surface area contributed by atoms with Crippen LogP contribution in [0.1, 0.15) is 70.7 Å². The van der Waals surface area contributed by atoms with Gasteiger partial charge in [-0.25, -0.2) is 0 Å². The first-order chi connectivity index (χ1) is 10.1. The number of hydrogen-bond donors (Lipinski definition) is 2. The van der Waals surface area contributed by atoms with Crippen molar-refractivity contribution in [3.8, 4) is 5.75 Å². The van der Waals surface area contributed by atoms with Crippen LogP contribution in [0.15, 0.2) is 6.20 Å². The Hall–Kier alpha value is -1.07. The van der Waals surface area contributed by atoms with Gasteiger partial charge >= 0.3 is 0 Å². The van der Waals surface area contributed by atoms with Crippen LogP contribution >= 0.6 is 0 Å². The molecule has 0 amide bonds. The molecular weight excluding hydrogens is 264 g/mol. The average molecular weight is 294 g/mol. The highest BCUT2D eigenvalue weighted by Gasteiger charge is 2.32. The largest absolute Gasteiger partial charge is 0.493 e. The first-order valence-corrected chi connectivity index (χ1v) is 8.19. The van der Waals surface area contributed by atoms with Crippen LogP contribution in [0.4, 0.5) is 0 Å². The van der Waals surface area contributed by atoms with Crippen LogP contribution < -0.4 is 16.0 Å². The second-order valence-corrected chi connectivity index (χ2v) is 6.48. The molecule has 1 aliphatic carbocycles. The number of methoxy groups -OCH3 is 1. The van der Waals surface area contributed by atoms with Gasteiger partial charge in [-0.1, -0.05) is 26.2 Å². The van der Waals surface area contributed by atoms with Crippen LogP contribution in [0, 0.1) is 11.8 Å². The molecule has 0 radical (unpaired) electrons. The second kappa shape index (κ2) is 7.27. The van der Waals surface area contributed by atoms with Gasteiger partial charge in [0.25, 0.3) is 0 Å². The molecule has 0 aromatic carbocycles. The first-order valence-electron chi connectivity index (χ1n) is 8.19. The van der Waals surface area contributed by atoms with Gasteiger partial charge in [0.2, 0.25) is 0 Å². The van der Waals surface area contributed by atoms with E-state index >= 15 is 0 Å². The number of ether oxygens (including phenoxy) is 1. The molecule has 0 bridgehead atoms. The quantitative estimate of drug-likeness (QED) is 0.624. The summed E-state index contributed by atoms with van der Waals surface area (Å²) in [7, 11) is 1.70. The Bertz CT molecular complexity index is 443. The average Bonchev–Trinajstić information content (AvgIpc) is 2.92. The Morgan fingerprint density at radius 1 is 1.48 bits per heavy atom. The van der Waals surface area contributed by atoms with Crippen molar-refractivity contribution in [1.82, 2.24) is 15.2 Å². The summed E-state index contributed by atoms with van der Waals surface area (Å²) in [5.41, 5.74) is 4.14. The van der Waals surface area contributed by atoms with E-state index in [9.17, 15) is 0 Å². The highest BCUT2D eigenvalue weighted by Crippen LogP contribution is 2.41. The summed E-state index contributed by atoms with van der Waals surface area (Å²) in [6.07, 6.45) is 8.16. The molecule has 0 saturated heterocycles. The Morgan fingerprint density at radius 2 is 2.24 bits per heavy atom. The highest BCUT2D eigenvalue weighted by molar-refractivity contribution is 5.29. The number of nitrogens with two attached hydrogens (primary N) is 1. The molecule has 1 aromatic rings. The third-order valence-electron chi connectivity index (χ3n) is 4.85. The lowest BCUT2D eigenvalue weighted by Gasteiger charge is -2.34. The van der Waals surface area contributed by atoms with E-state index in [1.165, 1.54) is 32.1 Å². The summed E-state index contributed by atoms with van der Waals surface area (Å²) < 4.78 is 7.56. The minimum absolute atomic E-state index is 0.110. The van der Waals surface area contributed by atoms with E-state index in [0.717, 1.165) is 17.4 Å². The Balaban J connectivity index is 2.30. The third-order valence-corrected chi connectivity index (χ3v) is 4.85. The number of hydrogen-bond acceptors (Lipinski definition) is 4. The molecule has 1 aromatic heterocycles. The monoisotopic (exact) mass is 294 g/mol. The lowest BCUT2D eigenvalue weighted by molar-refractivity contribution is 0.199. The molecule has 0 aliphatic heterocycles. The summed E-state index contributed by atoms with van der Waals surface area (Å²) in [5.74, 6) is 8.14. The van der Waals surface area contributed by atoms with E-state index in [0.29, 0.717) is 12.0 Å². The molecule has 3 atom stereocenters.